The normalized spacial score (nSPS) is 11.6. The lowest BCUT2D eigenvalue weighted by molar-refractivity contribution is 1.07. The van der Waals surface area contributed by atoms with E-state index >= 15 is 0 Å². The molecule has 0 radical (unpaired) electrons. The van der Waals surface area contributed by atoms with Crippen LogP contribution in [0.3, 0.4) is 0 Å². The molecule has 0 bridgehead atoms. The molecule has 0 fully saturated rings. The fourth-order valence-corrected chi connectivity index (χ4v) is 8.00. The highest BCUT2D eigenvalue weighted by atomic mass is 15.1. The van der Waals surface area contributed by atoms with Gasteiger partial charge in [-0.25, -0.2) is 19.9 Å². The molecule has 6 heterocycles. The van der Waals surface area contributed by atoms with E-state index in [0.717, 1.165) is 101 Å². The Labute approximate surface area is 322 Å². The Bertz CT molecular complexity index is 3030. The van der Waals surface area contributed by atoms with Crippen molar-refractivity contribution in [3.63, 3.8) is 0 Å². The first-order valence-corrected chi connectivity index (χ1v) is 18.7. The van der Waals surface area contributed by atoms with Gasteiger partial charge in [-0.1, -0.05) is 121 Å². The molecule has 0 saturated carbocycles. The molecule has 6 heteroatoms. The van der Waals surface area contributed by atoms with Crippen molar-refractivity contribution < 1.29 is 0 Å². The second-order valence-electron chi connectivity index (χ2n) is 13.9. The minimum absolute atomic E-state index is 0.818. The van der Waals surface area contributed by atoms with Gasteiger partial charge in [0, 0.05) is 32.7 Å². The van der Waals surface area contributed by atoms with Crippen LogP contribution in [0.4, 0.5) is 0 Å². The van der Waals surface area contributed by atoms with Gasteiger partial charge >= 0.3 is 0 Å². The average molecular weight is 717 g/mol. The minimum Gasteiger partial charge on any atom is -0.294 e. The quantitative estimate of drug-likeness (QED) is 0.172. The summed E-state index contributed by atoms with van der Waals surface area (Å²) in [5.41, 5.74) is 11.6. The fourth-order valence-electron chi connectivity index (χ4n) is 8.00. The van der Waals surface area contributed by atoms with Crippen LogP contribution in [-0.2, 0) is 0 Å². The summed E-state index contributed by atoms with van der Waals surface area (Å²) in [7, 11) is 0. The van der Waals surface area contributed by atoms with Crippen molar-refractivity contribution in [2.75, 3.05) is 0 Å². The Morgan fingerprint density at radius 2 is 0.607 bits per heavy atom. The van der Waals surface area contributed by atoms with Gasteiger partial charge < -0.3 is 0 Å². The lowest BCUT2D eigenvalue weighted by Gasteiger charge is -2.11. The summed E-state index contributed by atoms with van der Waals surface area (Å²) >= 11 is 0. The van der Waals surface area contributed by atoms with Gasteiger partial charge in [-0.3, -0.25) is 9.13 Å². The maximum Gasteiger partial charge on any atom is 0.138 e. The van der Waals surface area contributed by atoms with Crippen LogP contribution in [0.25, 0.3) is 101 Å². The van der Waals surface area contributed by atoms with Gasteiger partial charge in [0.2, 0.25) is 0 Å². The smallest absolute Gasteiger partial charge is 0.138 e. The van der Waals surface area contributed by atoms with E-state index in [4.69, 9.17) is 19.9 Å². The molecule has 262 valence electrons. The molecule has 0 aliphatic carbocycles. The van der Waals surface area contributed by atoms with Crippen molar-refractivity contribution in [1.82, 2.24) is 29.1 Å². The van der Waals surface area contributed by atoms with Crippen molar-refractivity contribution in [2.24, 2.45) is 0 Å². The summed E-state index contributed by atoms with van der Waals surface area (Å²) in [6.07, 6.45) is 0. The van der Waals surface area contributed by atoms with Crippen molar-refractivity contribution in [1.29, 1.82) is 0 Å². The minimum atomic E-state index is 0.818. The number of aromatic nitrogens is 6. The van der Waals surface area contributed by atoms with E-state index in [1.165, 1.54) is 0 Å². The molecular formula is C50H32N6. The third kappa shape index (κ3) is 5.27. The van der Waals surface area contributed by atoms with Crippen molar-refractivity contribution >= 4 is 43.6 Å². The number of fused-ring (bicyclic) bond motifs is 6. The molecule has 0 unspecified atom stereocenters. The number of para-hydroxylation sites is 2. The number of hydrogen-bond donors (Lipinski definition) is 0. The number of nitrogens with zero attached hydrogens (tertiary/aromatic N) is 6. The molecule has 0 saturated heterocycles. The fraction of sp³-hybridized carbons (Fsp3) is 0. The van der Waals surface area contributed by atoms with Crippen LogP contribution in [0.2, 0.25) is 0 Å². The Morgan fingerprint density at radius 3 is 1.05 bits per heavy atom. The van der Waals surface area contributed by atoms with Gasteiger partial charge in [0.15, 0.2) is 0 Å². The van der Waals surface area contributed by atoms with Gasteiger partial charge in [-0.2, -0.15) is 0 Å². The van der Waals surface area contributed by atoms with Crippen LogP contribution < -0.4 is 0 Å². The lowest BCUT2D eigenvalue weighted by Crippen LogP contribution is -2.00. The Kier molecular flexibility index (Phi) is 7.38. The Morgan fingerprint density at radius 1 is 0.250 bits per heavy atom. The van der Waals surface area contributed by atoms with Gasteiger partial charge in [-0.15, -0.1) is 0 Å². The number of benzene rings is 5. The van der Waals surface area contributed by atoms with Crippen molar-refractivity contribution in [2.45, 2.75) is 0 Å². The number of pyridine rings is 4. The highest BCUT2D eigenvalue weighted by Crippen LogP contribution is 2.39. The summed E-state index contributed by atoms with van der Waals surface area (Å²) in [5.74, 6) is 1.67. The first-order chi connectivity index (χ1) is 27.8. The van der Waals surface area contributed by atoms with Crippen LogP contribution in [0.5, 0.6) is 0 Å². The standard InChI is InChI=1S/C50H32N6/c1-3-15-33(16-4-1)39-21-11-23-41(51-39)43-25-13-29-49(53-43)55-45-27-9-7-19-35(45)37-32-48-38(31-47(37)55)36-20-8-10-28-46(36)56(48)50-30-14-26-44(54-50)42-24-12-22-40(52-42)34-17-5-2-6-18-34/h1-32H. The zero-order chi connectivity index (χ0) is 37.0. The molecule has 56 heavy (non-hydrogen) atoms. The first kappa shape index (κ1) is 31.8. The van der Waals surface area contributed by atoms with Gasteiger partial charge in [-0.05, 0) is 72.8 Å². The van der Waals surface area contributed by atoms with Crippen LogP contribution in [-0.4, -0.2) is 29.1 Å². The van der Waals surface area contributed by atoms with Crippen molar-refractivity contribution in [3.05, 3.63) is 194 Å². The van der Waals surface area contributed by atoms with Gasteiger partial charge in [0.1, 0.15) is 11.6 Å². The first-order valence-electron chi connectivity index (χ1n) is 18.7. The highest BCUT2D eigenvalue weighted by molar-refractivity contribution is 6.18. The molecule has 0 spiro atoms. The Balaban J connectivity index is 1.09. The molecule has 0 atom stereocenters. The maximum atomic E-state index is 5.26. The van der Waals surface area contributed by atoms with E-state index in [-0.39, 0.29) is 0 Å². The molecule has 0 aliphatic rings. The van der Waals surface area contributed by atoms with E-state index in [1.807, 2.05) is 72.8 Å². The molecule has 0 aliphatic heterocycles. The summed E-state index contributed by atoms with van der Waals surface area (Å²) in [6.45, 7) is 0. The van der Waals surface area contributed by atoms with E-state index in [1.54, 1.807) is 0 Å². The second kappa shape index (κ2) is 13.0. The molecule has 0 N–H and O–H groups in total. The molecule has 11 rings (SSSR count). The monoisotopic (exact) mass is 716 g/mol. The predicted octanol–water partition coefficient (Wildman–Crippen LogP) is 12.1. The van der Waals surface area contributed by atoms with Crippen LogP contribution in [0.1, 0.15) is 0 Å². The molecule has 6 aromatic heterocycles. The third-order valence-corrected chi connectivity index (χ3v) is 10.6. The van der Waals surface area contributed by atoms with Crippen LogP contribution in [0, 0.1) is 0 Å². The summed E-state index contributed by atoms with van der Waals surface area (Å²) < 4.78 is 4.57. The van der Waals surface area contributed by atoms with E-state index in [2.05, 4.69) is 130 Å². The zero-order valence-electron chi connectivity index (χ0n) is 30.2. The molecule has 0 amide bonds. The largest absolute Gasteiger partial charge is 0.294 e. The summed E-state index contributed by atoms with van der Waals surface area (Å²) in [4.78, 5) is 20.6. The van der Waals surface area contributed by atoms with E-state index in [0.29, 0.717) is 0 Å². The number of rotatable bonds is 6. The zero-order valence-corrected chi connectivity index (χ0v) is 30.2. The van der Waals surface area contributed by atoms with Gasteiger partial charge in [0.05, 0.1) is 56.2 Å². The number of hydrogen-bond acceptors (Lipinski definition) is 4. The SMILES string of the molecule is c1ccc(-c2cccc(-c3cccc(-n4c5ccccc5c5cc6c(cc54)c4ccccc4n6-c4cccc(-c5cccc(-c6ccccc6)n5)n4)n3)n2)cc1. The second-order valence-corrected chi connectivity index (χ2v) is 13.9. The van der Waals surface area contributed by atoms with E-state index < -0.39 is 0 Å². The molecule has 5 aromatic carbocycles. The van der Waals surface area contributed by atoms with Crippen LogP contribution in [0.15, 0.2) is 194 Å². The summed E-state index contributed by atoms with van der Waals surface area (Å²) in [6, 6.07) is 67.0. The molecular weight excluding hydrogens is 685 g/mol. The van der Waals surface area contributed by atoms with Gasteiger partial charge in [0.25, 0.3) is 0 Å². The van der Waals surface area contributed by atoms with E-state index in [9.17, 15) is 0 Å². The topological polar surface area (TPSA) is 61.4 Å². The lowest BCUT2D eigenvalue weighted by atomic mass is 10.1. The molecule has 6 nitrogen and oxygen atoms in total. The average Bonchev–Trinajstić information content (AvgIpc) is 3.78. The maximum absolute atomic E-state index is 5.26. The predicted molar refractivity (Wildman–Crippen MR) is 228 cm³/mol. The Hall–Kier alpha value is -7.70. The van der Waals surface area contributed by atoms with Crippen LogP contribution >= 0.6 is 0 Å². The summed E-state index contributed by atoms with van der Waals surface area (Å²) in [5, 5.41) is 4.59. The highest BCUT2D eigenvalue weighted by Gasteiger charge is 2.20. The van der Waals surface area contributed by atoms with Crippen molar-refractivity contribution in [3.8, 4) is 56.9 Å². The molecule has 11 aromatic rings. The third-order valence-electron chi connectivity index (χ3n) is 10.6.